The summed E-state index contributed by atoms with van der Waals surface area (Å²) in [7, 11) is 0. The quantitative estimate of drug-likeness (QED) is 0.754. The van der Waals surface area contributed by atoms with E-state index < -0.39 is 0 Å². The van der Waals surface area contributed by atoms with Gasteiger partial charge in [-0.1, -0.05) is 24.3 Å². The molecule has 0 saturated carbocycles. The van der Waals surface area contributed by atoms with Crippen molar-refractivity contribution in [3.05, 3.63) is 58.8 Å². The standard InChI is InChI=1S/C18H17NOS/c20-18(19-16-2-1-3-17(19)9-8-16)14-6-4-13(5-7-14)15-10-11-21-12-15/h1-2,4-7,10-12,16-17H,3,8-9H2/t16-,17-/m0/s1. The van der Waals surface area contributed by atoms with Gasteiger partial charge in [0.1, 0.15) is 0 Å². The minimum absolute atomic E-state index is 0.184. The maximum atomic E-state index is 12.8. The number of nitrogens with zero attached hydrogens (tertiary/aromatic N) is 1. The fraction of sp³-hybridized carbons (Fsp3) is 0.278. The van der Waals surface area contributed by atoms with Gasteiger partial charge in [0.2, 0.25) is 0 Å². The fourth-order valence-corrected chi connectivity index (χ4v) is 4.09. The van der Waals surface area contributed by atoms with Gasteiger partial charge in [-0.05, 0) is 59.3 Å². The molecule has 2 bridgehead atoms. The van der Waals surface area contributed by atoms with E-state index in [1.165, 1.54) is 11.1 Å². The van der Waals surface area contributed by atoms with E-state index in [-0.39, 0.29) is 5.91 Å². The van der Waals surface area contributed by atoms with E-state index in [0.29, 0.717) is 12.1 Å². The number of rotatable bonds is 2. The van der Waals surface area contributed by atoms with Gasteiger partial charge in [0.15, 0.2) is 0 Å². The second-order valence-corrected chi connectivity index (χ2v) is 6.54. The highest BCUT2D eigenvalue weighted by atomic mass is 32.1. The zero-order valence-electron chi connectivity index (χ0n) is 11.7. The summed E-state index contributed by atoms with van der Waals surface area (Å²) in [5.41, 5.74) is 3.20. The van der Waals surface area contributed by atoms with Gasteiger partial charge in [-0.3, -0.25) is 4.79 Å². The molecule has 0 radical (unpaired) electrons. The Morgan fingerprint density at radius 3 is 2.67 bits per heavy atom. The van der Waals surface area contributed by atoms with Crippen molar-refractivity contribution in [3.8, 4) is 11.1 Å². The molecule has 4 rings (SSSR count). The molecular formula is C18H17NOS. The lowest BCUT2D eigenvalue weighted by Crippen LogP contribution is -2.42. The van der Waals surface area contributed by atoms with Crippen LogP contribution in [-0.4, -0.2) is 22.9 Å². The minimum Gasteiger partial charge on any atom is -0.329 e. The molecule has 1 aromatic heterocycles. The first kappa shape index (κ1) is 12.8. The molecule has 0 spiro atoms. The predicted octanol–water partition coefficient (Wildman–Crippen LogP) is 4.35. The summed E-state index contributed by atoms with van der Waals surface area (Å²) in [5, 5.41) is 4.21. The van der Waals surface area contributed by atoms with Crippen molar-refractivity contribution in [1.29, 1.82) is 0 Å². The lowest BCUT2D eigenvalue weighted by Gasteiger charge is -2.31. The van der Waals surface area contributed by atoms with E-state index in [1.807, 2.05) is 12.1 Å². The van der Waals surface area contributed by atoms with Crippen LogP contribution in [0.2, 0.25) is 0 Å². The van der Waals surface area contributed by atoms with Gasteiger partial charge in [-0.15, -0.1) is 0 Å². The Balaban J connectivity index is 1.59. The molecule has 2 aromatic rings. The third-order valence-corrected chi connectivity index (χ3v) is 5.22. The number of hydrogen-bond donors (Lipinski definition) is 0. The number of benzene rings is 1. The predicted molar refractivity (Wildman–Crippen MR) is 86.5 cm³/mol. The van der Waals surface area contributed by atoms with Crippen molar-refractivity contribution in [3.63, 3.8) is 0 Å². The molecule has 2 aliphatic heterocycles. The van der Waals surface area contributed by atoms with Crippen molar-refractivity contribution < 1.29 is 4.79 Å². The lowest BCUT2D eigenvalue weighted by atomic mass is 10.0. The number of fused-ring (bicyclic) bond motifs is 2. The molecule has 3 heteroatoms. The second kappa shape index (κ2) is 5.15. The van der Waals surface area contributed by atoms with Crippen LogP contribution in [0.1, 0.15) is 29.6 Å². The largest absolute Gasteiger partial charge is 0.329 e. The van der Waals surface area contributed by atoms with Crippen molar-refractivity contribution in [2.75, 3.05) is 0 Å². The van der Waals surface area contributed by atoms with Crippen LogP contribution in [-0.2, 0) is 0 Å². The molecule has 1 fully saturated rings. The van der Waals surface area contributed by atoms with E-state index in [9.17, 15) is 4.79 Å². The minimum atomic E-state index is 0.184. The van der Waals surface area contributed by atoms with E-state index in [0.717, 1.165) is 24.8 Å². The topological polar surface area (TPSA) is 20.3 Å². The molecule has 2 nitrogen and oxygen atoms in total. The molecule has 3 heterocycles. The highest BCUT2D eigenvalue weighted by Gasteiger charge is 2.37. The number of amides is 1. The Bertz CT molecular complexity index is 672. The first-order valence-corrected chi connectivity index (χ1v) is 8.39. The molecular weight excluding hydrogens is 278 g/mol. The summed E-state index contributed by atoms with van der Waals surface area (Å²) in [6.45, 7) is 0. The number of carbonyl (C=O) groups is 1. The van der Waals surface area contributed by atoms with Gasteiger partial charge >= 0.3 is 0 Å². The molecule has 0 aliphatic carbocycles. The summed E-state index contributed by atoms with van der Waals surface area (Å²) in [5.74, 6) is 0.184. The highest BCUT2D eigenvalue weighted by molar-refractivity contribution is 7.08. The van der Waals surface area contributed by atoms with Crippen LogP contribution in [0, 0.1) is 0 Å². The van der Waals surface area contributed by atoms with Gasteiger partial charge in [-0.2, -0.15) is 11.3 Å². The van der Waals surface area contributed by atoms with Crippen molar-refractivity contribution in [2.45, 2.75) is 31.3 Å². The zero-order valence-corrected chi connectivity index (χ0v) is 12.6. The average molecular weight is 295 g/mol. The van der Waals surface area contributed by atoms with E-state index in [4.69, 9.17) is 0 Å². The number of hydrogen-bond acceptors (Lipinski definition) is 2. The second-order valence-electron chi connectivity index (χ2n) is 5.76. The van der Waals surface area contributed by atoms with Crippen LogP contribution >= 0.6 is 11.3 Å². The van der Waals surface area contributed by atoms with Crippen molar-refractivity contribution >= 4 is 17.2 Å². The third-order valence-electron chi connectivity index (χ3n) is 4.53. The summed E-state index contributed by atoms with van der Waals surface area (Å²) < 4.78 is 0. The molecule has 1 amide bonds. The smallest absolute Gasteiger partial charge is 0.254 e. The van der Waals surface area contributed by atoms with Gasteiger partial charge in [0, 0.05) is 11.6 Å². The number of carbonyl (C=O) groups excluding carboxylic acids is 1. The molecule has 1 saturated heterocycles. The van der Waals surface area contributed by atoms with Crippen LogP contribution in [0.25, 0.3) is 11.1 Å². The van der Waals surface area contributed by atoms with Crippen LogP contribution in [0.15, 0.2) is 53.2 Å². The molecule has 2 aliphatic rings. The SMILES string of the molecule is O=C(c1ccc(-c2ccsc2)cc1)N1[C@H]2CC=C[C@H]1CC2. The van der Waals surface area contributed by atoms with Crippen LogP contribution in [0.3, 0.4) is 0 Å². The Labute approximate surface area is 128 Å². The van der Waals surface area contributed by atoms with Crippen LogP contribution in [0.4, 0.5) is 0 Å². The summed E-state index contributed by atoms with van der Waals surface area (Å²) in [4.78, 5) is 14.8. The Morgan fingerprint density at radius 1 is 1.10 bits per heavy atom. The van der Waals surface area contributed by atoms with Crippen molar-refractivity contribution in [2.24, 2.45) is 0 Å². The maximum absolute atomic E-state index is 12.8. The van der Waals surface area contributed by atoms with Gasteiger partial charge < -0.3 is 4.90 Å². The lowest BCUT2D eigenvalue weighted by molar-refractivity contribution is 0.0689. The van der Waals surface area contributed by atoms with Gasteiger partial charge in [-0.25, -0.2) is 0 Å². The normalized spacial score (nSPS) is 23.5. The summed E-state index contributed by atoms with van der Waals surface area (Å²) in [6, 6.07) is 10.9. The molecule has 106 valence electrons. The van der Waals surface area contributed by atoms with Crippen LogP contribution in [0.5, 0.6) is 0 Å². The van der Waals surface area contributed by atoms with E-state index >= 15 is 0 Å². The highest BCUT2D eigenvalue weighted by Crippen LogP contribution is 2.33. The Morgan fingerprint density at radius 2 is 1.95 bits per heavy atom. The third kappa shape index (κ3) is 2.22. The molecule has 0 unspecified atom stereocenters. The van der Waals surface area contributed by atoms with Gasteiger partial charge in [0.05, 0.1) is 6.04 Å². The fourth-order valence-electron chi connectivity index (χ4n) is 3.42. The molecule has 21 heavy (non-hydrogen) atoms. The number of thiophene rings is 1. The molecule has 0 N–H and O–H groups in total. The first-order chi connectivity index (χ1) is 10.3. The maximum Gasteiger partial charge on any atom is 0.254 e. The van der Waals surface area contributed by atoms with Crippen LogP contribution < -0.4 is 0 Å². The average Bonchev–Trinajstić information content (AvgIpc) is 3.14. The summed E-state index contributed by atoms with van der Waals surface area (Å²) >= 11 is 1.69. The van der Waals surface area contributed by atoms with E-state index in [1.54, 1.807) is 11.3 Å². The Hall–Kier alpha value is -1.87. The van der Waals surface area contributed by atoms with E-state index in [2.05, 4.69) is 46.0 Å². The molecule has 2 atom stereocenters. The summed E-state index contributed by atoms with van der Waals surface area (Å²) in [6.07, 6.45) is 7.68. The Kier molecular flexibility index (Phi) is 3.15. The monoisotopic (exact) mass is 295 g/mol. The van der Waals surface area contributed by atoms with Crippen molar-refractivity contribution in [1.82, 2.24) is 4.90 Å². The molecule has 1 aromatic carbocycles. The van der Waals surface area contributed by atoms with Gasteiger partial charge in [0.25, 0.3) is 5.91 Å². The zero-order chi connectivity index (χ0) is 14.2. The first-order valence-electron chi connectivity index (χ1n) is 7.45.